The van der Waals surface area contributed by atoms with Crippen molar-refractivity contribution < 1.29 is 4.79 Å². The molecule has 3 heteroatoms. The minimum Gasteiger partial charge on any atom is -0.350 e. The van der Waals surface area contributed by atoms with Crippen molar-refractivity contribution in [3.63, 3.8) is 0 Å². The highest BCUT2D eigenvalue weighted by Gasteiger charge is 2.10. The van der Waals surface area contributed by atoms with Gasteiger partial charge in [-0.05, 0) is 26.0 Å². The number of carbonyl (C=O) groups excluding carboxylic acids is 1. The van der Waals surface area contributed by atoms with Crippen molar-refractivity contribution in [2.75, 3.05) is 0 Å². The summed E-state index contributed by atoms with van der Waals surface area (Å²) in [5, 5.41) is 0.607. The lowest BCUT2D eigenvalue weighted by atomic mass is 10.1. The van der Waals surface area contributed by atoms with Gasteiger partial charge in [0.25, 0.3) is 0 Å². The Hall–Kier alpha value is -1.90. The van der Waals surface area contributed by atoms with E-state index < -0.39 is 0 Å². The Morgan fingerprint density at radius 2 is 1.83 bits per heavy atom. The zero-order valence-electron chi connectivity index (χ0n) is 11.6. The molecular weight excluding hydrogens is 226 g/mol. The molecule has 0 bridgehead atoms. The summed E-state index contributed by atoms with van der Waals surface area (Å²) in [5.41, 5.74) is 1.94. The molecular formula is C15H19NO2. The first-order chi connectivity index (χ1) is 8.50. The van der Waals surface area contributed by atoms with E-state index in [1.807, 2.05) is 50.6 Å². The van der Waals surface area contributed by atoms with Crippen LogP contribution < -0.4 is 5.43 Å². The van der Waals surface area contributed by atoms with Crippen LogP contribution in [-0.4, -0.2) is 10.4 Å². The molecule has 2 rings (SSSR count). The van der Waals surface area contributed by atoms with E-state index >= 15 is 0 Å². The molecule has 0 aliphatic heterocycles. The van der Waals surface area contributed by atoms with Gasteiger partial charge in [-0.3, -0.25) is 9.59 Å². The molecule has 0 spiro atoms. The van der Waals surface area contributed by atoms with Crippen LogP contribution >= 0.6 is 0 Å². The van der Waals surface area contributed by atoms with Crippen LogP contribution in [0.4, 0.5) is 0 Å². The molecule has 0 unspecified atom stereocenters. The molecule has 96 valence electrons. The smallest absolute Gasteiger partial charge is 0.200 e. The molecule has 0 atom stereocenters. The van der Waals surface area contributed by atoms with Gasteiger partial charge in [-0.25, -0.2) is 0 Å². The van der Waals surface area contributed by atoms with Crippen molar-refractivity contribution in [1.29, 1.82) is 0 Å². The van der Waals surface area contributed by atoms with E-state index in [-0.39, 0.29) is 16.8 Å². The van der Waals surface area contributed by atoms with E-state index in [0.29, 0.717) is 5.39 Å². The lowest BCUT2D eigenvalue weighted by Crippen LogP contribution is -2.16. The maximum Gasteiger partial charge on any atom is 0.200 e. The largest absolute Gasteiger partial charge is 0.350 e. The minimum absolute atomic E-state index is 0.177. The van der Waals surface area contributed by atoms with Gasteiger partial charge in [0.1, 0.15) is 0 Å². The average Bonchev–Trinajstić information content (AvgIpc) is 2.35. The van der Waals surface area contributed by atoms with Crippen LogP contribution in [0.15, 0.2) is 29.2 Å². The fourth-order valence-corrected chi connectivity index (χ4v) is 1.86. The summed E-state index contributed by atoms with van der Waals surface area (Å²) >= 11 is 0. The van der Waals surface area contributed by atoms with Gasteiger partial charge >= 0.3 is 0 Å². The molecule has 0 saturated heterocycles. The summed E-state index contributed by atoms with van der Waals surface area (Å²) in [6.45, 7) is 7.34. The second-order valence-electron chi connectivity index (χ2n) is 4.06. The molecule has 1 heterocycles. The van der Waals surface area contributed by atoms with Gasteiger partial charge in [0.2, 0.25) is 0 Å². The Labute approximate surface area is 107 Å². The van der Waals surface area contributed by atoms with E-state index in [1.165, 1.54) is 6.92 Å². The zero-order chi connectivity index (χ0) is 13.9. The Balaban J connectivity index is 0.000000771. The highest BCUT2D eigenvalue weighted by Crippen LogP contribution is 2.13. The number of fused-ring (bicyclic) bond motifs is 1. The molecule has 18 heavy (non-hydrogen) atoms. The molecule has 3 nitrogen and oxygen atoms in total. The van der Waals surface area contributed by atoms with Crippen LogP contribution in [0.5, 0.6) is 0 Å². The van der Waals surface area contributed by atoms with Gasteiger partial charge in [-0.15, -0.1) is 0 Å². The van der Waals surface area contributed by atoms with Gasteiger partial charge in [0, 0.05) is 18.6 Å². The number of Topliss-reactive ketones (excluding diaryl/α,β-unsaturated/α-hetero) is 1. The maximum absolute atomic E-state index is 12.0. The normalized spacial score (nSPS) is 9.83. The van der Waals surface area contributed by atoms with Crippen molar-refractivity contribution in [3.05, 3.63) is 45.7 Å². The van der Waals surface area contributed by atoms with Crippen molar-refractivity contribution in [1.82, 2.24) is 4.57 Å². The van der Waals surface area contributed by atoms with Gasteiger partial charge in [-0.1, -0.05) is 25.5 Å². The molecule has 0 amide bonds. The summed E-state index contributed by atoms with van der Waals surface area (Å²) < 4.78 is 1.81. The quantitative estimate of drug-likeness (QED) is 0.724. The van der Waals surface area contributed by atoms with E-state index in [9.17, 15) is 9.59 Å². The first kappa shape index (κ1) is 14.2. The van der Waals surface area contributed by atoms with Crippen LogP contribution in [0.25, 0.3) is 10.9 Å². The molecule has 2 aromatic rings. The predicted molar refractivity (Wildman–Crippen MR) is 75.3 cm³/mol. The van der Waals surface area contributed by atoms with E-state index in [4.69, 9.17) is 0 Å². The maximum atomic E-state index is 12.0. The van der Waals surface area contributed by atoms with Crippen LogP contribution in [0, 0.1) is 6.92 Å². The van der Waals surface area contributed by atoms with E-state index in [2.05, 4.69) is 0 Å². The number of rotatable bonds is 1. The van der Waals surface area contributed by atoms with Crippen molar-refractivity contribution in [3.8, 4) is 0 Å². The summed E-state index contributed by atoms with van der Waals surface area (Å²) in [6, 6.07) is 5.68. The van der Waals surface area contributed by atoms with E-state index in [1.54, 1.807) is 6.20 Å². The number of nitrogens with zero attached hydrogens (tertiary/aromatic N) is 1. The number of pyridine rings is 1. The lowest BCUT2D eigenvalue weighted by Gasteiger charge is -2.07. The molecule has 1 aromatic heterocycles. The highest BCUT2D eigenvalue weighted by molar-refractivity contribution is 5.97. The third-order valence-electron chi connectivity index (χ3n) is 2.72. The first-order valence-electron chi connectivity index (χ1n) is 6.11. The fraction of sp³-hybridized carbons (Fsp3) is 0.333. The Morgan fingerprint density at radius 3 is 2.39 bits per heavy atom. The number of hydrogen-bond acceptors (Lipinski definition) is 2. The standard InChI is InChI=1S/C13H13NO2.C2H6/c1-8-4-5-12-10(6-8)13(16)11(9(2)15)7-14(12)3;1-2/h4-7H,1-3H3;1-2H3. The number of ketones is 1. The molecule has 0 radical (unpaired) electrons. The van der Waals surface area contributed by atoms with Crippen LogP contribution in [0.3, 0.4) is 0 Å². The summed E-state index contributed by atoms with van der Waals surface area (Å²) in [6.07, 6.45) is 1.60. The number of carbonyl (C=O) groups is 1. The van der Waals surface area contributed by atoms with Gasteiger partial charge < -0.3 is 4.57 Å². The fourth-order valence-electron chi connectivity index (χ4n) is 1.86. The predicted octanol–water partition coefficient (Wildman–Crippen LogP) is 3.08. The van der Waals surface area contributed by atoms with Gasteiger partial charge in [0.05, 0.1) is 11.1 Å². The van der Waals surface area contributed by atoms with Gasteiger partial charge in [0.15, 0.2) is 11.2 Å². The first-order valence-corrected chi connectivity index (χ1v) is 6.11. The Morgan fingerprint density at radius 1 is 1.22 bits per heavy atom. The van der Waals surface area contributed by atoms with Crippen LogP contribution in [0.2, 0.25) is 0 Å². The molecule has 0 aliphatic carbocycles. The molecule has 0 N–H and O–H groups in total. The second-order valence-corrected chi connectivity index (χ2v) is 4.06. The molecule has 0 aliphatic rings. The van der Waals surface area contributed by atoms with Crippen LogP contribution in [-0.2, 0) is 7.05 Å². The number of hydrogen-bond donors (Lipinski definition) is 0. The monoisotopic (exact) mass is 245 g/mol. The highest BCUT2D eigenvalue weighted by atomic mass is 16.1. The van der Waals surface area contributed by atoms with Crippen molar-refractivity contribution >= 4 is 16.7 Å². The second kappa shape index (κ2) is 5.63. The third kappa shape index (κ3) is 2.50. The zero-order valence-corrected chi connectivity index (χ0v) is 11.6. The molecule has 0 saturated carbocycles. The molecule has 0 fully saturated rings. The van der Waals surface area contributed by atoms with E-state index in [0.717, 1.165) is 11.1 Å². The topological polar surface area (TPSA) is 39.1 Å². The number of aromatic nitrogens is 1. The summed E-state index contributed by atoms with van der Waals surface area (Å²) in [7, 11) is 1.84. The lowest BCUT2D eigenvalue weighted by molar-refractivity contribution is 0.101. The number of aryl methyl sites for hydroxylation is 2. The molecule has 1 aromatic carbocycles. The third-order valence-corrected chi connectivity index (χ3v) is 2.72. The Bertz CT molecular complexity index is 639. The van der Waals surface area contributed by atoms with Crippen molar-refractivity contribution in [2.45, 2.75) is 27.7 Å². The summed E-state index contributed by atoms with van der Waals surface area (Å²) in [4.78, 5) is 23.4. The SMILES string of the molecule is CC.CC(=O)c1cn(C)c2ccc(C)cc2c1=O. The number of benzene rings is 1. The summed E-state index contributed by atoms with van der Waals surface area (Å²) in [5.74, 6) is -0.191. The van der Waals surface area contributed by atoms with Gasteiger partial charge in [-0.2, -0.15) is 0 Å². The van der Waals surface area contributed by atoms with Crippen molar-refractivity contribution in [2.24, 2.45) is 7.05 Å². The van der Waals surface area contributed by atoms with Crippen LogP contribution in [0.1, 0.15) is 36.7 Å². The Kier molecular flexibility index (Phi) is 4.43. The minimum atomic E-state index is -0.191. The average molecular weight is 245 g/mol.